The van der Waals surface area contributed by atoms with Gasteiger partial charge in [0.15, 0.2) is 0 Å². The molecule has 0 amide bonds. The van der Waals surface area contributed by atoms with Gasteiger partial charge in [-0.2, -0.15) is 0 Å². The fourth-order valence-electron chi connectivity index (χ4n) is 0. The van der Waals surface area contributed by atoms with Crippen LogP contribution in [0.25, 0.3) is 0 Å². The van der Waals surface area contributed by atoms with Crippen LogP contribution in [0.2, 0.25) is 0 Å². The largest absolute Gasteiger partial charge is 2.00 e. The van der Waals surface area contributed by atoms with Crippen LogP contribution in [-0.4, -0.2) is 34.0 Å². The Hall–Kier alpha value is 0.583. The SMILES string of the molecule is Br.[C-]#C.[C-]#C.[Mg+2].[SiH4]. The topological polar surface area (TPSA) is 0 Å². The van der Waals surface area contributed by atoms with Crippen molar-refractivity contribution in [1.82, 2.24) is 0 Å². The summed E-state index contributed by atoms with van der Waals surface area (Å²) in [6.07, 6.45) is 18.0. The van der Waals surface area contributed by atoms with Crippen LogP contribution in [0, 0.1) is 25.7 Å². The predicted octanol–water partition coefficient (Wildman–Crippen LogP) is -0.843. The van der Waals surface area contributed by atoms with Crippen LogP contribution in [0.3, 0.4) is 0 Å². The zero-order chi connectivity index (χ0) is 4.00. The summed E-state index contributed by atoms with van der Waals surface area (Å²) in [5, 5.41) is 0. The van der Waals surface area contributed by atoms with Crippen molar-refractivity contribution in [3.8, 4) is 12.8 Å². The van der Waals surface area contributed by atoms with Crippen molar-refractivity contribution < 1.29 is 0 Å². The maximum Gasteiger partial charge on any atom is 2.00 e. The first-order chi connectivity index (χ1) is 2.00. The Kier molecular flexibility index (Phi) is 4250. The summed E-state index contributed by atoms with van der Waals surface area (Å²) < 4.78 is 0. The quantitative estimate of drug-likeness (QED) is 0.263. The van der Waals surface area contributed by atoms with Crippen molar-refractivity contribution in [3.63, 3.8) is 0 Å². The van der Waals surface area contributed by atoms with Gasteiger partial charge in [-0.3, -0.25) is 0 Å². The zero-order valence-corrected chi connectivity index (χ0v) is 6.40. The monoisotopic (exact) mass is 186 g/mol. The molecule has 0 fully saturated rings. The van der Waals surface area contributed by atoms with Gasteiger partial charge in [0.25, 0.3) is 0 Å². The van der Waals surface area contributed by atoms with Crippen molar-refractivity contribution in [2.45, 2.75) is 0 Å². The van der Waals surface area contributed by atoms with Crippen LogP contribution in [-0.2, 0) is 0 Å². The van der Waals surface area contributed by atoms with Gasteiger partial charge in [-0.1, -0.05) is 0 Å². The number of halogens is 1. The Labute approximate surface area is 76.4 Å². The summed E-state index contributed by atoms with van der Waals surface area (Å²) in [6, 6.07) is 0. The van der Waals surface area contributed by atoms with Crippen molar-refractivity contribution in [3.05, 3.63) is 12.8 Å². The second-order valence-corrected chi connectivity index (χ2v) is 0. The number of rotatable bonds is 0. The maximum absolute atomic E-state index is 5.25. The molecule has 0 saturated carbocycles. The molecule has 0 nitrogen and oxygen atoms in total. The molecule has 0 N–H and O–H groups in total. The average molecular weight is 187 g/mol. The van der Waals surface area contributed by atoms with Crippen LogP contribution < -0.4 is 0 Å². The van der Waals surface area contributed by atoms with E-state index >= 15 is 0 Å². The molecule has 0 atom stereocenters. The molecule has 0 aromatic rings. The van der Waals surface area contributed by atoms with Crippen molar-refractivity contribution in [2.24, 2.45) is 0 Å². The van der Waals surface area contributed by atoms with Crippen LogP contribution in [0.1, 0.15) is 0 Å². The minimum absolute atomic E-state index is 0. The summed E-state index contributed by atoms with van der Waals surface area (Å²) in [7, 11) is 0. The first-order valence-electron chi connectivity index (χ1n) is 0.577. The molecule has 0 rings (SSSR count). The van der Waals surface area contributed by atoms with Crippen LogP contribution in [0.4, 0.5) is 0 Å². The van der Waals surface area contributed by atoms with E-state index in [0.717, 1.165) is 0 Å². The Morgan fingerprint density at radius 1 is 0.857 bits per heavy atom. The van der Waals surface area contributed by atoms with Gasteiger partial charge in [0.1, 0.15) is 0 Å². The molecule has 3 heteroatoms. The predicted molar refractivity (Wildman–Crippen MR) is 43.8 cm³/mol. The fraction of sp³-hybridized carbons (Fsp3) is 0. The van der Waals surface area contributed by atoms with Crippen molar-refractivity contribution in [1.29, 1.82) is 0 Å². The molecule has 0 spiro atoms. The van der Waals surface area contributed by atoms with E-state index in [1.165, 1.54) is 0 Å². The van der Waals surface area contributed by atoms with E-state index in [1.807, 2.05) is 0 Å². The van der Waals surface area contributed by atoms with Crippen LogP contribution in [0.15, 0.2) is 0 Å². The number of terminal acetylenes is 2. The Morgan fingerprint density at radius 2 is 0.857 bits per heavy atom. The normalized spacial score (nSPS) is 0.571. The van der Waals surface area contributed by atoms with E-state index in [2.05, 4.69) is 12.8 Å². The summed E-state index contributed by atoms with van der Waals surface area (Å²) >= 11 is 0. The Bertz CT molecular complexity index is 27.2. The first-order valence-corrected chi connectivity index (χ1v) is 0.577. The van der Waals surface area contributed by atoms with Gasteiger partial charge in [-0.25, -0.2) is 0 Å². The second-order valence-electron chi connectivity index (χ2n) is 0. The van der Waals surface area contributed by atoms with Gasteiger partial charge in [0.05, 0.1) is 0 Å². The first kappa shape index (κ1) is 49.3. The van der Waals surface area contributed by atoms with E-state index in [9.17, 15) is 0 Å². The Balaban J connectivity index is -0.00000000267. The summed E-state index contributed by atoms with van der Waals surface area (Å²) in [5.41, 5.74) is 0. The van der Waals surface area contributed by atoms with Gasteiger partial charge in [0, 0.05) is 0 Å². The molecule has 0 radical (unpaired) electrons. The summed E-state index contributed by atoms with van der Waals surface area (Å²) in [5.74, 6) is 0. The van der Waals surface area contributed by atoms with Gasteiger partial charge in [-0.05, 0) is 11.0 Å². The second kappa shape index (κ2) is 603. The third-order valence-corrected chi connectivity index (χ3v) is 0. The number of hydrogen-bond donors (Lipinski definition) is 0. The molecule has 0 unspecified atom stereocenters. The zero-order valence-electron chi connectivity index (χ0n) is 3.27. The minimum atomic E-state index is 0. The van der Waals surface area contributed by atoms with Crippen molar-refractivity contribution in [2.75, 3.05) is 0 Å². The molecule has 36 valence electrons. The molecule has 0 heterocycles. The third-order valence-electron chi connectivity index (χ3n) is 0. The van der Waals surface area contributed by atoms with Crippen LogP contribution in [0.5, 0.6) is 0 Å². The molecular formula is C4H7BrMgSi. The molecule has 0 aliphatic rings. The van der Waals surface area contributed by atoms with Gasteiger partial charge in [0.2, 0.25) is 0 Å². The van der Waals surface area contributed by atoms with E-state index < -0.39 is 0 Å². The van der Waals surface area contributed by atoms with Gasteiger partial charge in [-0.15, -0.1) is 17.0 Å². The molecule has 0 saturated heterocycles. The molecule has 0 bridgehead atoms. The van der Waals surface area contributed by atoms with Crippen LogP contribution >= 0.6 is 17.0 Å². The van der Waals surface area contributed by atoms with E-state index in [-0.39, 0.29) is 51.0 Å². The smallest absolute Gasteiger partial charge is 0.697 e. The van der Waals surface area contributed by atoms with E-state index in [0.29, 0.717) is 0 Å². The molecule has 0 aliphatic carbocycles. The standard InChI is InChI=1S/2C2H.BrH.Mg.H4Si/c2*1-2;;;/h2*1H;1H;;1H4/q2*-1;;+2;. The Morgan fingerprint density at radius 3 is 0.857 bits per heavy atom. The third kappa shape index (κ3) is 407. The number of hydrogen-bond acceptors (Lipinski definition) is 0. The molecule has 7 heavy (non-hydrogen) atoms. The van der Waals surface area contributed by atoms with Gasteiger partial charge >= 0.3 is 23.1 Å². The summed E-state index contributed by atoms with van der Waals surface area (Å²) in [6.45, 7) is 0. The summed E-state index contributed by atoms with van der Waals surface area (Å²) in [4.78, 5) is 0. The molecular weight excluding hydrogens is 180 g/mol. The maximum atomic E-state index is 5.25. The van der Waals surface area contributed by atoms with E-state index in [1.54, 1.807) is 0 Å². The molecule has 0 aromatic carbocycles. The van der Waals surface area contributed by atoms with Crippen molar-refractivity contribution >= 4 is 51.0 Å². The van der Waals surface area contributed by atoms with Gasteiger partial charge < -0.3 is 25.7 Å². The average Bonchev–Trinajstić information content (AvgIpc) is 1.50. The fourth-order valence-corrected chi connectivity index (χ4v) is 0. The van der Waals surface area contributed by atoms with E-state index in [4.69, 9.17) is 12.8 Å². The molecule has 0 aromatic heterocycles. The molecule has 0 aliphatic heterocycles. The minimum Gasteiger partial charge on any atom is -0.697 e.